The second kappa shape index (κ2) is 5.38. The zero-order valence-electron chi connectivity index (χ0n) is 11.0. The van der Waals surface area contributed by atoms with E-state index in [1.165, 1.54) is 0 Å². The number of hydrogen-bond acceptors (Lipinski definition) is 3. The van der Waals surface area contributed by atoms with Crippen LogP contribution < -0.4 is 0 Å². The van der Waals surface area contributed by atoms with Gasteiger partial charge in [-0.3, -0.25) is 4.57 Å². The summed E-state index contributed by atoms with van der Waals surface area (Å²) in [6.45, 7) is 8.17. The van der Waals surface area contributed by atoms with Crippen molar-refractivity contribution in [1.82, 2.24) is 14.5 Å². The van der Waals surface area contributed by atoms with Gasteiger partial charge in [-0.15, -0.1) is 0 Å². The number of ether oxygens (including phenoxy) is 1. The zero-order valence-corrected chi connectivity index (χ0v) is 12.7. The van der Waals surface area contributed by atoms with E-state index in [0.717, 1.165) is 23.8 Å². The molecule has 2 aromatic heterocycles. The lowest BCUT2D eigenvalue weighted by Gasteiger charge is -2.15. The largest absolute Gasteiger partial charge is 0.361 e. The van der Waals surface area contributed by atoms with Crippen molar-refractivity contribution in [2.24, 2.45) is 0 Å². The van der Waals surface area contributed by atoms with Crippen LogP contribution in [0, 0.1) is 0 Å². The van der Waals surface area contributed by atoms with Crippen molar-refractivity contribution >= 4 is 30.8 Å². The average Bonchev–Trinajstić information content (AvgIpc) is 2.59. The molecule has 2 aromatic rings. The van der Waals surface area contributed by atoms with Crippen molar-refractivity contribution in [3.8, 4) is 0 Å². The van der Waals surface area contributed by atoms with Crippen LogP contribution in [0.4, 0.5) is 0 Å². The highest BCUT2D eigenvalue weighted by Crippen LogP contribution is 2.17. The van der Waals surface area contributed by atoms with Gasteiger partial charge in [0.15, 0.2) is 5.65 Å². The number of hydrogen-bond donors (Lipinski definition) is 0. The molecule has 0 amide bonds. The van der Waals surface area contributed by atoms with Gasteiger partial charge in [0.2, 0.25) is 5.28 Å². The second-order valence-corrected chi connectivity index (χ2v) is 11.5. The van der Waals surface area contributed by atoms with E-state index in [1.54, 1.807) is 10.8 Å². The normalized spacial score (nSPS) is 12.2. The minimum absolute atomic E-state index is 0.414. The van der Waals surface area contributed by atoms with Crippen molar-refractivity contribution in [1.29, 1.82) is 0 Å². The Kier molecular flexibility index (Phi) is 4.04. The number of pyridine rings is 1. The summed E-state index contributed by atoms with van der Waals surface area (Å²) >= 11 is 6.08. The standard InChI is InChI=1S/C12H18ClN3OSi/c1-18(2,3)8-7-17-9-16-11-10(15-12(16)13)5-4-6-14-11/h4-6H,7-9H2,1-3H3. The van der Waals surface area contributed by atoms with Crippen LogP contribution in [0.5, 0.6) is 0 Å². The summed E-state index contributed by atoms with van der Waals surface area (Å²) in [6, 6.07) is 4.89. The molecule has 0 aliphatic heterocycles. The molecule has 0 bridgehead atoms. The van der Waals surface area contributed by atoms with E-state index < -0.39 is 8.07 Å². The van der Waals surface area contributed by atoms with Gasteiger partial charge in [-0.05, 0) is 29.8 Å². The smallest absolute Gasteiger partial charge is 0.206 e. The summed E-state index contributed by atoms with van der Waals surface area (Å²) in [4.78, 5) is 8.51. The molecule has 0 radical (unpaired) electrons. The Bertz CT molecular complexity index is 536. The van der Waals surface area contributed by atoms with Gasteiger partial charge in [0.1, 0.15) is 12.2 Å². The molecule has 0 unspecified atom stereocenters. The Morgan fingerprint density at radius 3 is 2.89 bits per heavy atom. The number of rotatable bonds is 5. The van der Waals surface area contributed by atoms with Crippen LogP contribution in [-0.2, 0) is 11.5 Å². The molecular formula is C12H18ClN3OSi. The lowest BCUT2D eigenvalue weighted by atomic mass is 10.4. The monoisotopic (exact) mass is 283 g/mol. The number of imidazole rings is 1. The molecule has 0 saturated carbocycles. The van der Waals surface area contributed by atoms with E-state index in [4.69, 9.17) is 16.3 Å². The molecule has 6 heteroatoms. The molecule has 2 rings (SSSR count). The van der Waals surface area contributed by atoms with Crippen molar-refractivity contribution in [3.63, 3.8) is 0 Å². The van der Waals surface area contributed by atoms with Gasteiger partial charge in [0.05, 0.1) is 0 Å². The highest BCUT2D eigenvalue weighted by atomic mass is 35.5. The Balaban J connectivity index is 2.01. The minimum Gasteiger partial charge on any atom is -0.361 e. The minimum atomic E-state index is -1.05. The van der Waals surface area contributed by atoms with E-state index >= 15 is 0 Å². The highest BCUT2D eigenvalue weighted by molar-refractivity contribution is 6.76. The first-order chi connectivity index (χ1) is 8.47. The van der Waals surface area contributed by atoms with E-state index in [-0.39, 0.29) is 0 Å². The predicted molar refractivity (Wildman–Crippen MR) is 76.6 cm³/mol. The summed E-state index contributed by atoms with van der Waals surface area (Å²) in [5.74, 6) is 0. The maximum Gasteiger partial charge on any atom is 0.206 e. The third-order valence-corrected chi connectivity index (χ3v) is 4.67. The van der Waals surface area contributed by atoms with Crippen LogP contribution in [0.3, 0.4) is 0 Å². The fourth-order valence-electron chi connectivity index (χ4n) is 1.58. The molecule has 0 aliphatic carbocycles. The first kappa shape index (κ1) is 13.5. The number of halogens is 1. The SMILES string of the molecule is C[Si](C)(C)CCOCn1c(Cl)nc2cccnc21. The van der Waals surface area contributed by atoms with E-state index in [9.17, 15) is 0 Å². The first-order valence-corrected chi connectivity index (χ1v) is 10.1. The Morgan fingerprint density at radius 2 is 2.17 bits per heavy atom. The van der Waals surface area contributed by atoms with Gasteiger partial charge in [-0.25, -0.2) is 9.97 Å². The quantitative estimate of drug-likeness (QED) is 0.624. The van der Waals surface area contributed by atoms with Crippen LogP contribution in [0.25, 0.3) is 11.2 Å². The summed E-state index contributed by atoms with van der Waals surface area (Å²) in [5.41, 5.74) is 1.58. The molecule has 0 fully saturated rings. The van der Waals surface area contributed by atoms with Gasteiger partial charge in [0.25, 0.3) is 0 Å². The third kappa shape index (κ3) is 3.31. The van der Waals surface area contributed by atoms with Gasteiger partial charge < -0.3 is 4.74 Å². The third-order valence-electron chi connectivity index (χ3n) is 2.67. The van der Waals surface area contributed by atoms with Crippen LogP contribution in [-0.4, -0.2) is 29.2 Å². The molecular weight excluding hydrogens is 266 g/mol. The Labute approximate surface area is 113 Å². The molecule has 4 nitrogen and oxygen atoms in total. The molecule has 0 N–H and O–H groups in total. The lowest BCUT2D eigenvalue weighted by Crippen LogP contribution is -2.22. The molecule has 0 aliphatic rings. The summed E-state index contributed by atoms with van der Waals surface area (Å²) in [7, 11) is -1.05. The molecule has 98 valence electrons. The maximum atomic E-state index is 6.08. The molecule has 2 heterocycles. The van der Waals surface area contributed by atoms with Gasteiger partial charge in [-0.1, -0.05) is 19.6 Å². The maximum absolute atomic E-state index is 6.08. The number of aromatic nitrogens is 3. The van der Waals surface area contributed by atoms with Gasteiger partial charge in [-0.2, -0.15) is 0 Å². The number of nitrogens with zero attached hydrogens (tertiary/aromatic N) is 3. The second-order valence-electron chi connectivity index (χ2n) is 5.50. The van der Waals surface area contributed by atoms with Crippen LogP contribution in [0.1, 0.15) is 0 Å². The summed E-state index contributed by atoms with van der Waals surface area (Å²) < 4.78 is 7.47. The number of fused-ring (bicyclic) bond motifs is 1. The van der Waals surface area contributed by atoms with Crippen molar-refractivity contribution in [3.05, 3.63) is 23.6 Å². The van der Waals surface area contributed by atoms with E-state index in [0.29, 0.717) is 12.0 Å². The Hall–Kier alpha value is -0.913. The van der Waals surface area contributed by atoms with Crippen molar-refractivity contribution in [2.75, 3.05) is 6.61 Å². The summed E-state index contributed by atoms with van der Waals surface area (Å²) in [5, 5.41) is 0.428. The zero-order chi connectivity index (χ0) is 13.2. The topological polar surface area (TPSA) is 39.9 Å². The predicted octanol–water partition coefficient (Wildman–Crippen LogP) is 3.40. The van der Waals surface area contributed by atoms with E-state index in [2.05, 4.69) is 29.6 Å². The average molecular weight is 284 g/mol. The lowest BCUT2D eigenvalue weighted by molar-refractivity contribution is 0.0897. The summed E-state index contributed by atoms with van der Waals surface area (Å²) in [6.07, 6.45) is 1.74. The molecule has 0 atom stereocenters. The Morgan fingerprint density at radius 1 is 1.39 bits per heavy atom. The fourth-order valence-corrected chi connectivity index (χ4v) is 2.56. The van der Waals surface area contributed by atoms with Gasteiger partial charge in [0, 0.05) is 20.9 Å². The van der Waals surface area contributed by atoms with Crippen LogP contribution in [0.15, 0.2) is 18.3 Å². The van der Waals surface area contributed by atoms with E-state index in [1.807, 2.05) is 12.1 Å². The first-order valence-electron chi connectivity index (χ1n) is 6.02. The van der Waals surface area contributed by atoms with Crippen molar-refractivity contribution < 1.29 is 4.74 Å². The molecule has 0 spiro atoms. The van der Waals surface area contributed by atoms with Crippen LogP contribution >= 0.6 is 11.6 Å². The molecule has 0 saturated heterocycles. The molecule has 0 aromatic carbocycles. The highest BCUT2D eigenvalue weighted by Gasteiger charge is 2.13. The fraction of sp³-hybridized carbons (Fsp3) is 0.500. The van der Waals surface area contributed by atoms with Crippen molar-refractivity contribution in [2.45, 2.75) is 32.4 Å². The molecule has 18 heavy (non-hydrogen) atoms. The van der Waals surface area contributed by atoms with Crippen LogP contribution in [0.2, 0.25) is 31.0 Å². The van der Waals surface area contributed by atoms with Gasteiger partial charge >= 0.3 is 0 Å².